The first-order valence-corrected chi connectivity index (χ1v) is 11.3. The molecule has 5 atom stereocenters. The third-order valence-electron chi connectivity index (χ3n) is 5.93. The van der Waals surface area contributed by atoms with Gasteiger partial charge in [-0.05, 0) is 49.1 Å². The van der Waals surface area contributed by atoms with Crippen molar-refractivity contribution in [2.24, 2.45) is 5.92 Å². The Hall–Kier alpha value is -1.36. The fraction of sp³-hybridized carbons (Fsp3) is 0.625. The molecule has 0 unspecified atom stereocenters. The van der Waals surface area contributed by atoms with Gasteiger partial charge in [-0.3, -0.25) is 4.79 Å². The van der Waals surface area contributed by atoms with E-state index in [1.54, 1.807) is 0 Å². The molecule has 1 aromatic carbocycles. The summed E-state index contributed by atoms with van der Waals surface area (Å²) in [6, 6.07) is 7.98. The van der Waals surface area contributed by atoms with Gasteiger partial charge in [-0.15, -0.1) is 11.6 Å². The highest BCUT2D eigenvalue weighted by atomic mass is 35.5. The summed E-state index contributed by atoms with van der Waals surface area (Å²) < 4.78 is 0. The summed E-state index contributed by atoms with van der Waals surface area (Å²) in [5.74, 6) is -0.646. The van der Waals surface area contributed by atoms with Gasteiger partial charge in [-0.25, -0.2) is 0 Å². The molecular weight excluding hydrogens is 388 g/mol. The Labute approximate surface area is 179 Å². The molecule has 1 aliphatic rings. The number of benzene rings is 1. The normalized spacial score (nSPS) is 25.5. The zero-order valence-corrected chi connectivity index (χ0v) is 18.1. The molecule has 1 saturated carbocycles. The summed E-state index contributed by atoms with van der Waals surface area (Å²) in [4.78, 5) is 10.6. The fourth-order valence-electron chi connectivity index (χ4n) is 4.26. The largest absolute Gasteiger partial charge is 0.481 e. The van der Waals surface area contributed by atoms with Crippen molar-refractivity contribution in [3.8, 4) is 0 Å². The van der Waals surface area contributed by atoms with Crippen LogP contribution in [0.1, 0.15) is 87.9 Å². The second kappa shape index (κ2) is 12.4. The maximum atomic E-state index is 10.6. The third-order valence-corrected chi connectivity index (χ3v) is 6.43. The van der Waals surface area contributed by atoms with Gasteiger partial charge in [0.05, 0.1) is 12.2 Å². The molecule has 0 radical (unpaired) electrons. The summed E-state index contributed by atoms with van der Waals surface area (Å²) in [5, 5.41) is 29.5. The number of aliphatic carboxylic acids is 1. The second-order valence-corrected chi connectivity index (χ2v) is 8.74. The first-order chi connectivity index (χ1) is 13.9. The topological polar surface area (TPSA) is 77.8 Å². The molecule has 162 valence electrons. The highest BCUT2D eigenvalue weighted by Crippen LogP contribution is 2.45. The number of alkyl halides is 1. The predicted molar refractivity (Wildman–Crippen MR) is 117 cm³/mol. The van der Waals surface area contributed by atoms with Crippen LogP contribution in [0.15, 0.2) is 36.4 Å². The molecule has 0 amide bonds. The summed E-state index contributed by atoms with van der Waals surface area (Å²) >= 11 is 6.54. The molecule has 0 bridgehead atoms. The molecule has 1 aliphatic carbocycles. The van der Waals surface area contributed by atoms with Crippen LogP contribution in [0.25, 0.3) is 0 Å². The second-order valence-electron chi connectivity index (χ2n) is 8.18. The first-order valence-electron chi connectivity index (χ1n) is 10.9. The molecule has 1 aromatic rings. The van der Waals surface area contributed by atoms with Crippen LogP contribution in [-0.4, -0.2) is 32.8 Å². The van der Waals surface area contributed by atoms with Crippen molar-refractivity contribution in [1.29, 1.82) is 0 Å². The zero-order chi connectivity index (χ0) is 21.2. The lowest BCUT2D eigenvalue weighted by Gasteiger charge is -2.23. The monoisotopic (exact) mass is 422 g/mol. The SMILES string of the molecule is CCCCC[C@H](O)c1ccc([C@@H]2[C@@H](C/C=C\CCCC(=O)O)[C@H](Cl)C[C@H]2O)cc1. The van der Waals surface area contributed by atoms with Gasteiger partial charge >= 0.3 is 5.97 Å². The molecule has 0 aliphatic heterocycles. The summed E-state index contributed by atoms with van der Waals surface area (Å²) in [5.41, 5.74) is 1.99. The molecule has 0 heterocycles. The van der Waals surface area contributed by atoms with Crippen LogP contribution < -0.4 is 0 Å². The van der Waals surface area contributed by atoms with E-state index in [0.29, 0.717) is 12.8 Å². The van der Waals surface area contributed by atoms with E-state index in [2.05, 4.69) is 13.0 Å². The number of aliphatic hydroxyl groups excluding tert-OH is 2. The van der Waals surface area contributed by atoms with E-state index in [0.717, 1.165) is 49.7 Å². The Balaban J connectivity index is 1.96. The maximum absolute atomic E-state index is 10.6. The molecule has 2 rings (SSSR count). The molecular formula is C24H35ClO4. The lowest BCUT2D eigenvalue weighted by atomic mass is 9.84. The smallest absolute Gasteiger partial charge is 0.303 e. The van der Waals surface area contributed by atoms with Crippen LogP contribution in [0, 0.1) is 5.92 Å². The van der Waals surface area contributed by atoms with E-state index in [4.69, 9.17) is 16.7 Å². The average Bonchev–Trinajstić information content (AvgIpc) is 2.97. The van der Waals surface area contributed by atoms with Crippen molar-refractivity contribution in [2.75, 3.05) is 0 Å². The van der Waals surface area contributed by atoms with Crippen molar-refractivity contribution in [3.05, 3.63) is 47.5 Å². The minimum Gasteiger partial charge on any atom is -0.481 e. The lowest BCUT2D eigenvalue weighted by Crippen LogP contribution is -2.18. The maximum Gasteiger partial charge on any atom is 0.303 e. The number of carboxylic acid groups (broad SMARTS) is 1. The van der Waals surface area contributed by atoms with Gasteiger partial charge in [0.2, 0.25) is 0 Å². The first kappa shape index (κ1) is 23.9. The molecule has 0 aromatic heterocycles. The highest BCUT2D eigenvalue weighted by Gasteiger charge is 2.41. The van der Waals surface area contributed by atoms with E-state index in [1.165, 1.54) is 0 Å². The van der Waals surface area contributed by atoms with Gasteiger partial charge < -0.3 is 15.3 Å². The highest BCUT2D eigenvalue weighted by molar-refractivity contribution is 6.21. The van der Waals surface area contributed by atoms with Crippen LogP contribution in [-0.2, 0) is 4.79 Å². The minimum absolute atomic E-state index is 0.0209. The molecule has 3 N–H and O–H groups in total. The van der Waals surface area contributed by atoms with Crippen molar-refractivity contribution in [1.82, 2.24) is 0 Å². The van der Waals surface area contributed by atoms with Crippen LogP contribution in [0.2, 0.25) is 0 Å². The van der Waals surface area contributed by atoms with Gasteiger partial charge in [0, 0.05) is 17.7 Å². The number of rotatable bonds is 12. The number of hydrogen-bond acceptors (Lipinski definition) is 3. The number of hydrogen-bond donors (Lipinski definition) is 3. The molecule has 1 fully saturated rings. The molecule has 5 heteroatoms. The van der Waals surface area contributed by atoms with E-state index >= 15 is 0 Å². The van der Waals surface area contributed by atoms with Gasteiger partial charge in [0.15, 0.2) is 0 Å². The van der Waals surface area contributed by atoms with E-state index in [1.807, 2.05) is 30.3 Å². The van der Waals surface area contributed by atoms with Gasteiger partial charge in [0.25, 0.3) is 0 Å². The average molecular weight is 423 g/mol. The van der Waals surface area contributed by atoms with Crippen molar-refractivity contribution < 1.29 is 20.1 Å². The minimum atomic E-state index is -0.767. The van der Waals surface area contributed by atoms with Gasteiger partial charge in [0.1, 0.15) is 0 Å². The Bertz CT molecular complexity index is 643. The van der Waals surface area contributed by atoms with Crippen molar-refractivity contribution in [2.45, 2.75) is 88.2 Å². The summed E-state index contributed by atoms with van der Waals surface area (Å²) in [6.45, 7) is 2.15. The summed E-state index contributed by atoms with van der Waals surface area (Å²) in [6.07, 6.45) is 10.2. The molecule has 4 nitrogen and oxygen atoms in total. The van der Waals surface area contributed by atoms with Crippen LogP contribution in [0.3, 0.4) is 0 Å². The van der Waals surface area contributed by atoms with Crippen molar-refractivity contribution in [3.63, 3.8) is 0 Å². The van der Waals surface area contributed by atoms with Gasteiger partial charge in [-0.2, -0.15) is 0 Å². The fourth-order valence-corrected chi connectivity index (χ4v) is 4.71. The standard InChI is InChI=1S/C24H35ClO4/c1-2-3-6-10-21(26)17-12-14-18(15-13-17)24-19(20(25)16-22(24)27)9-7-4-5-8-11-23(28)29/h4,7,12-15,19-22,24,26-27H,2-3,5-6,8-11,16H2,1H3,(H,28,29)/b7-4-/t19-,20+,21-,22+,24+/m0/s1. The summed E-state index contributed by atoms with van der Waals surface area (Å²) in [7, 11) is 0. The third kappa shape index (κ3) is 7.44. The Kier molecular flexibility index (Phi) is 10.2. The number of allylic oxidation sites excluding steroid dienone is 2. The Morgan fingerprint density at radius 3 is 2.59 bits per heavy atom. The van der Waals surface area contributed by atoms with Gasteiger partial charge in [-0.1, -0.05) is 62.6 Å². The van der Waals surface area contributed by atoms with E-state index in [9.17, 15) is 15.0 Å². The van der Waals surface area contributed by atoms with E-state index < -0.39 is 18.2 Å². The predicted octanol–water partition coefficient (Wildman–Crippen LogP) is 5.57. The van der Waals surface area contributed by atoms with Crippen LogP contribution >= 0.6 is 11.6 Å². The zero-order valence-electron chi connectivity index (χ0n) is 17.3. The number of carbonyl (C=O) groups is 1. The number of carboxylic acids is 1. The lowest BCUT2D eigenvalue weighted by molar-refractivity contribution is -0.137. The number of aliphatic hydroxyl groups is 2. The van der Waals surface area contributed by atoms with E-state index in [-0.39, 0.29) is 23.6 Å². The molecule has 29 heavy (non-hydrogen) atoms. The van der Waals surface area contributed by atoms with Crippen LogP contribution in [0.4, 0.5) is 0 Å². The Morgan fingerprint density at radius 1 is 1.21 bits per heavy atom. The molecule has 0 saturated heterocycles. The number of unbranched alkanes of at least 4 members (excludes halogenated alkanes) is 3. The molecule has 0 spiro atoms. The van der Waals surface area contributed by atoms with Crippen LogP contribution in [0.5, 0.6) is 0 Å². The number of halogens is 1. The van der Waals surface area contributed by atoms with Crippen molar-refractivity contribution >= 4 is 17.6 Å². The quantitative estimate of drug-likeness (QED) is 0.233. The Morgan fingerprint density at radius 2 is 1.93 bits per heavy atom.